The number of aliphatic hydroxyl groups excluding tert-OH is 1. The Kier molecular flexibility index (Phi) is 3.61. The lowest BCUT2D eigenvalue weighted by Gasteiger charge is -2.07. The van der Waals surface area contributed by atoms with Crippen molar-refractivity contribution in [1.29, 1.82) is 0 Å². The number of aryl methyl sites for hydroxylation is 1. The second-order valence-electron chi connectivity index (χ2n) is 4.21. The minimum Gasteiger partial charge on any atom is -0.464 e. The molecule has 0 spiro atoms. The number of ether oxygens (including phenoxy) is 1. The number of carbonyl (C=O) groups excluding carboxylic acids is 1. The van der Waals surface area contributed by atoms with Crippen molar-refractivity contribution in [2.75, 3.05) is 7.11 Å². The van der Waals surface area contributed by atoms with Gasteiger partial charge in [-0.2, -0.15) is 5.10 Å². The molecule has 8 heteroatoms. The lowest BCUT2D eigenvalue weighted by Crippen LogP contribution is -2.14. The predicted octanol–water partition coefficient (Wildman–Crippen LogP) is -0.154. The molecule has 0 aromatic carbocycles. The first-order valence-corrected chi connectivity index (χ1v) is 5.71. The van der Waals surface area contributed by atoms with E-state index in [1.54, 1.807) is 31.0 Å². The fourth-order valence-electron chi connectivity index (χ4n) is 1.75. The highest BCUT2D eigenvalue weighted by Crippen LogP contribution is 2.22. The van der Waals surface area contributed by atoms with Crippen LogP contribution in [0, 0.1) is 0 Å². The highest BCUT2D eigenvalue weighted by molar-refractivity contribution is 5.93. The molecule has 1 unspecified atom stereocenters. The van der Waals surface area contributed by atoms with E-state index >= 15 is 0 Å². The van der Waals surface area contributed by atoms with Gasteiger partial charge < -0.3 is 9.84 Å². The number of carbonyl (C=O) groups is 1. The molecule has 102 valence electrons. The van der Waals surface area contributed by atoms with E-state index < -0.39 is 12.1 Å². The Balaban J connectivity index is 2.52. The van der Waals surface area contributed by atoms with E-state index in [0.29, 0.717) is 11.3 Å². The number of aromatic nitrogens is 5. The van der Waals surface area contributed by atoms with Crippen LogP contribution in [-0.2, 0) is 18.3 Å². The molecule has 0 aliphatic rings. The van der Waals surface area contributed by atoms with E-state index in [1.807, 2.05) is 0 Å². The second kappa shape index (κ2) is 5.19. The van der Waals surface area contributed by atoms with Crippen LogP contribution in [0.15, 0.2) is 12.4 Å². The standard InChI is InChI=1S/C11H15N5O3/c1-7(17)5-16-10(8-4-12-15(2)6-8)9(13-14-16)11(18)19-3/h4,6-7,17H,5H2,1-3H3. The Labute approximate surface area is 109 Å². The van der Waals surface area contributed by atoms with Crippen molar-refractivity contribution in [2.24, 2.45) is 7.05 Å². The Bertz CT molecular complexity index is 587. The maximum absolute atomic E-state index is 11.7. The molecular weight excluding hydrogens is 250 g/mol. The quantitative estimate of drug-likeness (QED) is 0.772. The van der Waals surface area contributed by atoms with Crippen LogP contribution in [0.4, 0.5) is 0 Å². The fraction of sp³-hybridized carbons (Fsp3) is 0.455. The number of esters is 1. The number of aliphatic hydroxyl groups is 1. The molecule has 2 rings (SSSR count). The van der Waals surface area contributed by atoms with E-state index in [0.717, 1.165) is 0 Å². The number of hydrogen-bond donors (Lipinski definition) is 1. The molecule has 0 fully saturated rings. The van der Waals surface area contributed by atoms with Crippen LogP contribution < -0.4 is 0 Å². The Morgan fingerprint density at radius 1 is 1.58 bits per heavy atom. The second-order valence-corrected chi connectivity index (χ2v) is 4.21. The van der Waals surface area contributed by atoms with Gasteiger partial charge in [-0.1, -0.05) is 5.21 Å². The molecule has 0 aliphatic carbocycles. The van der Waals surface area contributed by atoms with Gasteiger partial charge in [0.25, 0.3) is 0 Å². The van der Waals surface area contributed by atoms with E-state index in [4.69, 9.17) is 0 Å². The lowest BCUT2D eigenvalue weighted by molar-refractivity contribution is 0.0594. The average Bonchev–Trinajstić information content (AvgIpc) is 2.93. The SMILES string of the molecule is COC(=O)c1nnn(CC(C)O)c1-c1cnn(C)c1. The Morgan fingerprint density at radius 2 is 2.32 bits per heavy atom. The van der Waals surface area contributed by atoms with E-state index in [-0.39, 0.29) is 12.2 Å². The summed E-state index contributed by atoms with van der Waals surface area (Å²) in [7, 11) is 3.05. The van der Waals surface area contributed by atoms with Crippen molar-refractivity contribution in [3.05, 3.63) is 18.1 Å². The zero-order valence-corrected chi connectivity index (χ0v) is 10.9. The van der Waals surface area contributed by atoms with Crippen LogP contribution >= 0.6 is 0 Å². The molecule has 0 radical (unpaired) electrons. The highest BCUT2D eigenvalue weighted by Gasteiger charge is 2.23. The van der Waals surface area contributed by atoms with Crippen LogP contribution in [0.2, 0.25) is 0 Å². The van der Waals surface area contributed by atoms with Crippen LogP contribution in [0.25, 0.3) is 11.3 Å². The third-order valence-corrected chi connectivity index (χ3v) is 2.53. The minimum atomic E-state index is -0.609. The summed E-state index contributed by atoms with van der Waals surface area (Å²) in [5.41, 5.74) is 1.28. The van der Waals surface area contributed by atoms with Gasteiger partial charge in [0.15, 0.2) is 5.69 Å². The van der Waals surface area contributed by atoms with Gasteiger partial charge in [0.2, 0.25) is 0 Å². The number of rotatable bonds is 4. The van der Waals surface area contributed by atoms with Gasteiger partial charge in [-0.05, 0) is 6.92 Å². The zero-order valence-electron chi connectivity index (χ0n) is 10.9. The maximum atomic E-state index is 11.7. The number of hydrogen-bond acceptors (Lipinski definition) is 6. The van der Waals surface area contributed by atoms with Gasteiger partial charge >= 0.3 is 5.97 Å². The minimum absolute atomic E-state index is 0.108. The molecule has 0 amide bonds. The summed E-state index contributed by atoms with van der Waals surface area (Å²) >= 11 is 0. The van der Waals surface area contributed by atoms with Crippen LogP contribution in [-0.4, -0.2) is 49.1 Å². The van der Waals surface area contributed by atoms with Gasteiger partial charge in [-0.15, -0.1) is 5.10 Å². The third kappa shape index (κ3) is 2.63. The molecule has 8 nitrogen and oxygen atoms in total. The summed E-state index contributed by atoms with van der Waals surface area (Å²) in [5, 5.41) is 21.2. The summed E-state index contributed by atoms with van der Waals surface area (Å²) in [6.07, 6.45) is 2.73. The molecule has 1 N–H and O–H groups in total. The third-order valence-electron chi connectivity index (χ3n) is 2.53. The molecule has 0 aliphatic heterocycles. The molecule has 2 aromatic rings. The largest absolute Gasteiger partial charge is 0.464 e. The zero-order chi connectivity index (χ0) is 14.0. The first-order valence-electron chi connectivity index (χ1n) is 5.71. The van der Waals surface area contributed by atoms with Crippen molar-refractivity contribution in [1.82, 2.24) is 24.8 Å². The molecular formula is C11H15N5O3. The monoisotopic (exact) mass is 265 g/mol. The molecule has 1 atom stereocenters. The first kappa shape index (κ1) is 13.2. The van der Waals surface area contributed by atoms with Gasteiger partial charge in [-0.3, -0.25) is 4.68 Å². The van der Waals surface area contributed by atoms with Gasteiger partial charge in [-0.25, -0.2) is 9.48 Å². The normalized spacial score (nSPS) is 12.4. The van der Waals surface area contributed by atoms with Gasteiger partial charge in [0.05, 0.1) is 26.0 Å². The van der Waals surface area contributed by atoms with E-state index in [2.05, 4.69) is 20.1 Å². The van der Waals surface area contributed by atoms with Crippen molar-refractivity contribution >= 4 is 5.97 Å². The highest BCUT2D eigenvalue weighted by atomic mass is 16.5. The first-order chi connectivity index (χ1) is 9.02. The summed E-state index contributed by atoms with van der Waals surface area (Å²) in [4.78, 5) is 11.7. The average molecular weight is 265 g/mol. The summed E-state index contributed by atoms with van der Waals surface area (Å²) in [6.45, 7) is 1.86. The Hall–Kier alpha value is -2.22. The molecule has 2 heterocycles. The number of nitrogens with zero attached hydrogens (tertiary/aromatic N) is 5. The smallest absolute Gasteiger partial charge is 0.360 e. The molecule has 0 saturated heterocycles. The van der Waals surface area contributed by atoms with E-state index in [1.165, 1.54) is 11.8 Å². The summed E-state index contributed by atoms with van der Waals surface area (Å²) in [5.74, 6) is -0.573. The molecule has 0 bridgehead atoms. The fourth-order valence-corrected chi connectivity index (χ4v) is 1.75. The van der Waals surface area contributed by atoms with Crippen molar-refractivity contribution in [3.63, 3.8) is 0 Å². The van der Waals surface area contributed by atoms with Gasteiger partial charge in [0.1, 0.15) is 5.69 Å². The van der Waals surface area contributed by atoms with Crippen molar-refractivity contribution in [2.45, 2.75) is 19.6 Å². The van der Waals surface area contributed by atoms with Crippen molar-refractivity contribution < 1.29 is 14.6 Å². The topological polar surface area (TPSA) is 95.1 Å². The van der Waals surface area contributed by atoms with Crippen LogP contribution in [0.3, 0.4) is 0 Å². The molecule has 2 aromatic heterocycles. The van der Waals surface area contributed by atoms with Crippen LogP contribution in [0.1, 0.15) is 17.4 Å². The lowest BCUT2D eigenvalue weighted by atomic mass is 10.2. The maximum Gasteiger partial charge on any atom is 0.360 e. The molecule has 0 saturated carbocycles. The summed E-state index contributed by atoms with van der Waals surface area (Å²) < 4.78 is 7.75. The Morgan fingerprint density at radius 3 is 2.84 bits per heavy atom. The van der Waals surface area contributed by atoms with Gasteiger partial charge in [0, 0.05) is 18.8 Å². The van der Waals surface area contributed by atoms with Crippen molar-refractivity contribution in [3.8, 4) is 11.3 Å². The molecule has 19 heavy (non-hydrogen) atoms. The van der Waals surface area contributed by atoms with Crippen LogP contribution in [0.5, 0.6) is 0 Å². The van der Waals surface area contributed by atoms with E-state index in [9.17, 15) is 9.90 Å². The number of methoxy groups -OCH3 is 1. The predicted molar refractivity (Wildman–Crippen MR) is 65.2 cm³/mol. The summed E-state index contributed by atoms with van der Waals surface area (Å²) in [6, 6.07) is 0.